The maximum Gasteiger partial charge on any atom is 0.333 e. The number of rotatable bonds is 6. The van der Waals surface area contributed by atoms with Crippen LogP contribution in [-0.2, 0) is 21.1 Å². The third kappa shape index (κ3) is 5.37. The topological polar surface area (TPSA) is 101 Å². The van der Waals surface area contributed by atoms with E-state index in [0.717, 1.165) is 43.6 Å². The predicted molar refractivity (Wildman–Crippen MR) is 133 cm³/mol. The lowest BCUT2D eigenvalue weighted by Crippen LogP contribution is -2.44. The van der Waals surface area contributed by atoms with Gasteiger partial charge in [0.25, 0.3) is 0 Å². The van der Waals surface area contributed by atoms with Crippen LogP contribution in [0, 0.1) is 22.6 Å². The van der Waals surface area contributed by atoms with Crippen LogP contribution in [0.25, 0.3) is 10.9 Å². The molecule has 0 bridgehead atoms. The van der Waals surface area contributed by atoms with Gasteiger partial charge in [0.05, 0.1) is 5.69 Å². The molecule has 2 fully saturated rings. The van der Waals surface area contributed by atoms with Crippen molar-refractivity contribution >= 4 is 27.4 Å². The smallest absolute Gasteiger partial charge is 0.333 e. The highest BCUT2D eigenvalue weighted by molar-refractivity contribution is 7.84. The van der Waals surface area contributed by atoms with Crippen LogP contribution in [0.3, 0.4) is 0 Å². The Morgan fingerprint density at radius 2 is 1.76 bits per heavy atom. The average molecular weight is 493 g/mol. The summed E-state index contributed by atoms with van der Waals surface area (Å²) in [4.78, 5) is 2.61. The quantitative estimate of drug-likeness (QED) is 0.569. The molecule has 0 amide bonds. The van der Waals surface area contributed by atoms with E-state index in [0.29, 0.717) is 28.1 Å². The van der Waals surface area contributed by atoms with Crippen molar-refractivity contribution in [1.29, 1.82) is 5.41 Å². The molecule has 1 aromatic carbocycles. The normalized spacial score (nSPS) is 23.4. The standard InChI is InChI=1S/C25H37FN4O3S/c1-25(2,3)17-4-7-19(8-5-17)29-12-10-20(11-13-29)30-23-9-6-18(26)14-21(23)22(15-27)24(30)16-33-34(28,31)32/h6,9,14-15,17,19-20,27H,4-5,7-8,10-13,16H2,1-3H3,(H2,28,31,32). The highest BCUT2D eigenvalue weighted by atomic mass is 32.2. The van der Waals surface area contributed by atoms with Crippen LogP contribution >= 0.6 is 0 Å². The van der Waals surface area contributed by atoms with E-state index in [1.54, 1.807) is 6.07 Å². The molecule has 0 spiro atoms. The lowest BCUT2D eigenvalue weighted by atomic mass is 9.71. The first-order chi connectivity index (χ1) is 16.0. The van der Waals surface area contributed by atoms with E-state index >= 15 is 0 Å². The number of piperidine rings is 1. The Labute approximate surface area is 202 Å². The van der Waals surface area contributed by atoms with Gasteiger partial charge in [-0.25, -0.2) is 9.53 Å². The molecule has 2 aromatic rings. The van der Waals surface area contributed by atoms with Gasteiger partial charge in [-0.3, -0.25) is 4.18 Å². The minimum absolute atomic E-state index is 0.114. The molecule has 1 aliphatic carbocycles. The molecule has 0 radical (unpaired) electrons. The fraction of sp³-hybridized carbons (Fsp3) is 0.640. The first-order valence-electron chi connectivity index (χ1n) is 12.2. The van der Waals surface area contributed by atoms with Gasteiger partial charge in [0.15, 0.2) is 0 Å². The molecule has 2 heterocycles. The molecule has 4 rings (SSSR count). The Balaban J connectivity index is 1.54. The fourth-order valence-electron chi connectivity index (χ4n) is 6.04. The molecule has 2 aliphatic rings. The van der Waals surface area contributed by atoms with Crippen molar-refractivity contribution in [2.24, 2.45) is 16.5 Å². The van der Waals surface area contributed by atoms with Crippen molar-refractivity contribution in [3.63, 3.8) is 0 Å². The first-order valence-corrected chi connectivity index (χ1v) is 13.7. The number of nitrogens with zero attached hydrogens (tertiary/aromatic N) is 2. The zero-order chi connectivity index (χ0) is 24.7. The van der Waals surface area contributed by atoms with Crippen molar-refractivity contribution < 1.29 is 17.0 Å². The average Bonchev–Trinajstić information content (AvgIpc) is 3.09. The van der Waals surface area contributed by atoms with E-state index in [9.17, 15) is 12.8 Å². The molecule has 7 nitrogen and oxygen atoms in total. The van der Waals surface area contributed by atoms with Crippen molar-refractivity contribution in [2.75, 3.05) is 13.1 Å². The molecule has 1 saturated carbocycles. The molecule has 1 aromatic heterocycles. The lowest BCUT2D eigenvalue weighted by Gasteiger charge is -2.43. The number of nitrogens with one attached hydrogen (secondary N) is 1. The summed E-state index contributed by atoms with van der Waals surface area (Å²) >= 11 is 0. The van der Waals surface area contributed by atoms with Gasteiger partial charge in [-0.2, -0.15) is 8.42 Å². The zero-order valence-electron chi connectivity index (χ0n) is 20.4. The third-order valence-electron chi connectivity index (χ3n) is 7.92. The minimum Gasteiger partial charge on any atom is -0.339 e. The molecule has 34 heavy (non-hydrogen) atoms. The van der Waals surface area contributed by atoms with Crippen molar-refractivity contribution in [3.05, 3.63) is 35.3 Å². The molecule has 0 atom stereocenters. The van der Waals surface area contributed by atoms with E-state index < -0.39 is 16.1 Å². The number of halogens is 1. The monoisotopic (exact) mass is 492 g/mol. The second-order valence-electron chi connectivity index (χ2n) is 10.9. The molecular formula is C25H37FN4O3S. The Bertz CT molecular complexity index is 1140. The van der Waals surface area contributed by atoms with Crippen LogP contribution in [-0.4, -0.2) is 43.2 Å². The van der Waals surface area contributed by atoms with E-state index in [2.05, 4.69) is 25.7 Å². The number of nitrogens with two attached hydrogens (primary N) is 1. The van der Waals surface area contributed by atoms with Gasteiger partial charge in [-0.05, 0) is 68.1 Å². The van der Waals surface area contributed by atoms with E-state index in [4.69, 9.17) is 14.7 Å². The second kappa shape index (κ2) is 9.68. The highest BCUT2D eigenvalue weighted by Gasteiger charge is 2.34. The van der Waals surface area contributed by atoms with Gasteiger partial charge in [0, 0.05) is 47.9 Å². The Hall–Kier alpha value is -1.81. The summed E-state index contributed by atoms with van der Waals surface area (Å²) in [5, 5.41) is 13.6. The molecule has 1 saturated heterocycles. The largest absolute Gasteiger partial charge is 0.339 e. The second-order valence-corrected chi connectivity index (χ2v) is 12.2. The number of aromatic nitrogens is 1. The molecule has 188 valence electrons. The summed E-state index contributed by atoms with van der Waals surface area (Å²) in [5.41, 5.74) is 2.18. The molecule has 0 unspecified atom stereocenters. The fourth-order valence-corrected chi connectivity index (χ4v) is 6.32. The number of hydrogen-bond donors (Lipinski definition) is 2. The maximum atomic E-state index is 14.0. The van der Waals surface area contributed by atoms with E-state index in [-0.39, 0.29) is 12.6 Å². The highest BCUT2D eigenvalue weighted by Crippen LogP contribution is 2.40. The summed E-state index contributed by atoms with van der Waals surface area (Å²) in [7, 11) is -4.15. The Kier molecular flexibility index (Phi) is 7.20. The molecular weight excluding hydrogens is 455 g/mol. The van der Waals surface area contributed by atoms with Crippen LogP contribution in [0.2, 0.25) is 0 Å². The number of likely N-dealkylation sites (tertiary alicyclic amines) is 1. The van der Waals surface area contributed by atoms with E-state index in [1.165, 1.54) is 37.8 Å². The first kappa shape index (κ1) is 25.3. The molecule has 9 heteroatoms. The maximum absolute atomic E-state index is 14.0. The minimum atomic E-state index is -4.15. The summed E-state index contributed by atoms with van der Waals surface area (Å²) in [6.07, 6.45) is 7.98. The third-order valence-corrected chi connectivity index (χ3v) is 8.36. The van der Waals surface area contributed by atoms with Gasteiger partial charge in [0.2, 0.25) is 0 Å². The Morgan fingerprint density at radius 1 is 1.12 bits per heavy atom. The van der Waals surface area contributed by atoms with Gasteiger partial charge in [-0.1, -0.05) is 20.8 Å². The van der Waals surface area contributed by atoms with Crippen molar-refractivity contribution in [2.45, 2.75) is 78.0 Å². The summed E-state index contributed by atoms with van der Waals surface area (Å²) in [6, 6.07) is 5.24. The van der Waals surface area contributed by atoms with Gasteiger partial charge in [0.1, 0.15) is 12.4 Å². The van der Waals surface area contributed by atoms with Crippen LogP contribution < -0.4 is 5.14 Å². The van der Waals surface area contributed by atoms with Crippen LogP contribution in [0.5, 0.6) is 0 Å². The van der Waals surface area contributed by atoms with Gasteiger partial charge in [-0.15, -0.1) is 0 Å². The number of benzene rings is 1. The van der Waals surface area contributed by atoms with Crippen LogP contribution in [0.15, 0.2) is 18.2 Å². The lowest BCUT2D eigenvalue weighted by molar-refractivity contribution is 0.0716. The Morgan fingerprint density at radius 3 is 2.32 bits per heavy atom. The van der Waals surface area contributed by atoms with E-state index in [1.807, 2.05) is 4.57 Å². The molecule has 1 aliphatic heterocycles. The van der Waals surface area contributed by atoms with Crippen molar-refractivity contribution in [1.82, 2.24) is 9.47 Å². The summed E-state index contributed by atoms with van der Waals surface area (Å²) in [5.74, 6) is 0.390. The predicted octanol–water partition coefficient (Wildman–Crippen LogP) is 4.74. The van der Waals surface area contributed by atoms with Gasteiger partial charge < -0.3 is 14.9 Å². The number of hydrogen-bond acceptors (Lipinski definition) is 5. The molecule has 3 N–H and O–H groups in total. The van der Waals surface area contributed by atoms with Crippen molar-refractivity contribution in [3.8, 4) is 0 Å². The SMILES string of the molecule is CC(C)(C)C1CCC(N2CCC(n3c(COS(N)(=O)=O)c(C=N)c4cc(F)ccc43)CC2)CC1. The summed E-state index contributed by atoms with van der Waals surface area (Å²) < 4.78 is 44.0. The number of fused-ring (bicyclic) bond motifs is 1. The summed E-state index contributed by atoms with van der Waals surface area (Å²) in [6.45, 7) is 8.68. The van der Waals surface area contributed by atoms with Crippen LogP contribution in [0.4, 0.5) is 4.39 Å². The van der Waals surface area contributed by atoms with Gasteiger partial charge >= 0.3 is 10.3 Å². The zero-order valence-corrected chi connectivity index (χ0v) is 21.2. The van der Waals surface area contributed by atoms with Crippen LogP contribution in [0.1, 0.15) is 76.6 Å².